The number of anilines is 1. The Morgan fingerprint density at radius 1 is 1.22 bits per heavy atom. The molecule has 0 unspecified atom stereocenters. The Bertz CT molecular complexity index is 585. The molecule has 1 aromatic heterocycles. The zero-order chi connectivity index (χ0) is 13.1. The van der Waals surface area contributed by atoms with Crippen molar-refractivity contribution in [3.8, 4) is 11.3 Å². The fraction of sp³-hybridized carbons (Fsp3) is 0.286. The first-order valence-electron chi connectivity index (χ1n) is 5.97. The van der Waals surface area contributed by atoms with Gasteiger partial charge in [0, 0.05) is 30.9 Å². The summed E-state index contributed by atoms with van der Waals surface area (Å²) >= 11 is 0. The minimum atomic E-state index is -0.0563. The van der Waals surface area contributed by atoms with Crippen molar-refractivity contribution < 1.29 is 0 Å². The predicted octanol–water partition coefficient (Wildman–Crippen LogP) is 2.07. The third-order valence-electron chi connectivity index (χ3n) is 2.96. The van der Waals surface area contributed by atoms with Crippen LogP contribution >= 0.6 is 0 Å². The molecule has 0 atom stereocenters. The van der Waals surface area contributed by atoms with Crippen LogP contribution in [0.5, 0.6) is 0 Å². The van der Waals surface area contributed by atoms with E-state index in [1.807, 2.05) is 50.2 Å². The molecule has 18 heavy (non-hydrogen) atoms. The number of nitrogens with one attached hydrogen (secondary N) is 1. The molecular weight excluding hydrogens is 226 g/mol. The molecule has 0 saturated heterocycles. The van der Waals surface area contributed by atoms with Gasteiger partial charge in [0.05, 0.1) is 12.0 Å². The van der Waals surface area contributed by atoms with Gasteiger partial charge in [0.15, 0.2) is 0 Å². The normalized spacial score (nSPS) is 10.4. The molecule has 0 aliphatic rings. The Hall–Kier alpha value is -2.10. The van der Waals surface area contributed by atoms with Crippen LogP contribution in [-0.4, -0.2) is 24.1 Å². The van der Waals surface area contributed by atoms with Crippen molar-refractivity contribution in [2.45, 2.75) is 13.3 Å². The van der Waals surface area contributed by atoms with E-state index in [9.17, 15) is 4.79 Å². The smallest absolute Gasteiger partial charge is 0.254 e. The number of hydrogen-bond acceptors (Lipinski definition) is 3. The van der Waals surface area contributed by atoms with E-state index in [2.05, 4.69) is 9.97 Å². The maximum atomic E-state index is 11.7. The molecule has 2 aromatic rings. The van der Waals surface area contributed by atoms with Crippen LogP contribution in [0.2, 0.25) is 0 Å². The van der Waals surface area contributed by atoms with Crippen LogP contribution < -0.4 is 10.5 Å². The van der Waals surface area contributed by atoms with Crippen LogP contribution in [0.4, 0.5) is 5.69 Å². The summed E-state index contributed by atoms with van der Waals surface area (Å²) < 4.78 is 0. The lowest BCUT2D eigenvalue weighted by Gasteiger charge is -2.13. The van der Waals surface area contributed by atoms with Gasteiger partial charge in [-0.15, -0.1) is 0 Å². The van der Waals surface area contributed by atoms with Crippen LogP contribution in [0, 0.1) is 0 Å². The second-order valence-electron chi connectivity index (χ2n) is 4.35. The monoisotopic (exact) mass is 243 g/mol. The van der Waals surface area contributed by atoms with Crippen LogP contribution in [0.15, 0.2) is 35.4 Å². The van der Waals surface area contributed by atoms with Crippen molar-refractivity contribution >= 4 is 5.69 Å². The van der Waals surface area contributed by atoms with Crippen LogP contribution in [-0.2, 0) is 6.42 Å². The number of rotatable bonds is 3. The molecule has 4 nitrogen and oxygen atoms in total. The summed E-state index contributed by atoms with van der Waals surface area (Å²) in [5, 5.41) is 0. The molecule has 0 saturated carbocycles. The van der Waals surface area contributed by atoms with E-state index < -0.39 is 0 Å². The number of hydrogen-bond donors (Lipinski definition) is 1. The van der Waals surface area contributed by atoms with E-state index in [4.69, 9.17) is 0 Å². The summed E-state index contributed by atoms with van der Waals surface area (Å²) in [5.41, 5.74) is 3.55. The Morgan fingerprint density at radius 2 is 1.89 bits per heavy atom. The minimum absolute atomic E-state index is 0.0563. The molecule has 0 aliphatic heterocycles. The van der Waals surface area contributed by atoms with Gasteiger partial charge in [0.25, 0.3) is 5.56 Å². The highest BCUT2D eigenvalue weighted by atomic mass is 16.1. The summed E-state index contributed by atoms with van der Waals surface area (Å²) in [4.78, 5) is 20.7. The van der Waals surface area contributed by atoms with Crippen LogP contribution in [0.3, 0.4) is 0 Å². The van der Waals surface area contributed by atoms with E-state index in [1.54, 1.807) is 0 Å². The van der Waals surface area contributed by atoms with Gasteiger partial charge >= 0.3 is 0 Å². The molecule has 1 aromatic carbocycles. The fourth-order valence-corrected chi connectivity index (χ4v) is 1.92. The molecule has 0 amide bonds. The van der Waals surface area contributed by atoms with E-state index in [-0.39, 0.29) is 5.56 Å². The lowest BCUT2D eigenvalue weighted by Crippen LogP contribution is -2.14. The summed E-state index contributed by atoms with van der Waals surface area (Å²) in [5.74, 6) is 0. The number of nitrogens with zero attached hydrogens (tertiary/aromatic N) is 2. The van der Waals surface area contributed by atoms with Crippen molar-refractivity contribution in [3.63, 3.8) is 0 Å². The molecule has 94 valence electrons. The molecule has 1 heterocycles. The topological polar surface area (TPSA) is 49.0 Å². The molecule has 1 N–H and O–H groups in total. The van der Waals surface area contributed by atoms with Crippen LogP contribution in [0.1, 0.15) is 12.5 Å². The summed E-state index contributed by atoms with van der Waals surface area (Å²) in [6.45, 7) is 1.96. The van der Waals surface area contributed by atoms with Gasteiger partial charge in [0.2, 0.25) is 0 Å². The van der Waals surface area contributed by atoms with Gasteiger partial charge in [-0.1, -0.05) is 19.1 Å². The molecular formula is C14H17N3O. The Labute approximate surface area is 106 Å². The quantitative estimate of drug-likeness (QED) is 0.897. The largest absolute Gasteiger partial charge is 0.378 e. The summed E-state index contributed by atoms with van der Waals surface area (Å²) in [6, 6.07) is 8.04. The average Bonchev–Trinajstić information content (AvgIpc) is 2.38. The van der Waals surface area contributed by atoms with Gasteiger partial charge in [-0.2, -0.15) is 0 Å². The van der Waals surface area contributed by atoms with Crippen LogP contribution in [0.25, 0.3) is 11.3 Å². The Morgan fingerprint density at radius 3 is 2.44 bits per heavy atom. The number of aromatic amines is 1. The summed E-state index contributed by atoms with van der Waals surface area (Å²) in [6.07, 6.45) is 2.13. The van der Waals surface area contributed by atoms with Gasteiger partial charge in [-0.3, -0.25) is 4.79 Å². The highest BCUT2D eigenvalue weighted by Crippen LogP contribution is 2.22. The molecule has 0 radical (unpaired) electrons. The molecule has 2 rings (SSSR count). The minimum Gasteiger partial charge on any atom is -0.378 e. The first kappa shape index (κ1) is 12.4. The molecule has 0 spiro atoms. The summed E-state index contributed by atoms with van der Waals surface area (Å²) in [7, 11) is 4.00. The number of aromatic nitrogens is 2. The molecule has 0 bridgehead atoms. The van der Waals surface area contributed by atoms with Crippen molar-refractivity contribution in [1.82, 2.24) is 9.97 Å². The maximum absolute atomic E-state index is 11.7. The Kier molecular flexibility index (Phi) is 3.46. The maximum Gasteiger partial charge on any atom is 0.254 e. The highest BCUT2D eigenvalue weighted by Gasteiger charge is 2.08. The lowest BCUT2D eigenvalue weighted by atomic mass is 10.0. The first-order valence-corrected chi connectivity index (χ1v) is 5.97. The zero-order valence-electron chi connectivity index (χ0n) is 10.9. The Balaban J connectivity index is 2.49. The van der Waals surface area contributed by atoms with Crippen molar-refractivity contribution in [1.29, 1.82) is 0 Å². The highest BCUT2D eigenvalue weighted by molar-refractivity contribution is 5.65. The first-order chi connectivity index (χ1) is 8.63. The van der Waals surface area contributed by atoms with Crippen molar-refractivity contribution in [3.05, 3.63) is 46.5 Å². The van der Waals surface area contributed by atoms with Gasteiger partial charge in [-0.25, -0.2) is 4.98 Å². The molecule has 0 fully saturated rings. The van der Waals surface area contributed by atoms with E-state index in [0.717, 1.165) is 22.5 Å². The van der Waals surface area contributed by atoms with E-state index in [0.29, 0.717) is 6.42 Å². The standard InChI is InChI=1S/C14H17N3O/c1-4-12-13(15-9-16-14(12)18)10-5-7-11(8-6-10)17(2)3/h5-9H,4H2,1-3H3,(H,15,16,18). The van der Waals surface area contributed by atoms with E-state index >= 15 is 0 Å². The second-order valence-corrected chi connectivity index (χ2v) is 4.35. The fourth-order valence-electron chi connectivity index (χ4n) is 1.92. The number of H-pyrrole nitrogens is 1. The van der Waals surface area contributed by atoms with Crippen molar-refractivity contribution in [2.75, 3.05) is 19.0 Å². The van der Waals surface area contributed by atoms with Gasteiger partial charge in [0.1, 0.15) is 0 Å². The lowest BCUT2D eigenvalue weighted by molar-refractivity contribution is 1.01. The SMILES string of the molecule is CCc1c(-c2ccc(N(C)C)cc2)nc[nH]c1=O. The van der Waals surface area contributed by atoms with Gasteiger partial charge in [-0.05, 0) is 18.6 Å². The third-order valence-corrected chi connectivity index (χ3v) is 2.96. The molecule has 0 aliphatic carbocycles. The van der Waals surface area contributed by atoms with Crippen molar-refractivity contribution in [2.24, 2.45) is 0 Å². The van der Waals surface area contributed by atoms with Gasteiger partial charge < -0.3 is 9.88 Å². The van der Waals surface area contributed by atoms with E-state index in [1.165, 1.54) is 6.33 Å². The number of benzene rings is 1. The second kappa shape index (κ2) is 5.04. The average molecular weight is 243 g/mol. The zero-order valence-corrected chi connectivity index (χ0v) is 10.9. The molecule has 4 heteroatoms. The third kappa shape index (κ3) is 2.27. The predicted molar refractivity (Wildman–Crippen MR) is 74.0 cm³/mol.